The van der Waals surface area contributed by atoms with Crippen LogP contribution in [0, 0.1) is 13.8 Å². The Balaban J connectivity index is 3.04. The zero-order valence-corrected chi connectivity index (χ0v) is 10.7. The fourth-order valence-corrected chi connectivity index (χ4v) is 2.66. The summed E-state index contributed by atoms with van der Waals surface area (Å²) in [5, 5.41) is 0. The van der Waals surface area contributed by atoms with Crippen molar-refractivity contribution in [1.29, 1.82) is 0 Å². The number of aryl methyl sites for hydroxylation is 1. The summed E-state index contributed by atoms with van der Waals surface area (Å²) in [7, 11) is -3.24. The molecule has 0 aromatic heterocycles. The molecule has 0 unspecified atom stereocenters. The summed E-state index contributed by atoms with van der Waals surface area (Å²) in [5.41, 5.74) is 8.77. The van der Waals surface area contributed by atoms with Crippen LogP contribution in [-0.2, 0) is 10.0 Å². The van der Waals surface area contributed by atoms with Gasteiger partial charge in [-0.1, -0.05) is 13.0 Å². The van der Waals surface area contributed by atoms with Gasteiger partial charge in [0.05, 0.1) is 11.4 Å². The van der Waals surface area contributed by atoms with Crippen molar-refractivity contribution in [3.8, 4) is 0 Å². The van der Waals surface area contributed by atoms with Gasteiger partial charge in [0, 0.05) is 5.69 Å². The fourth-order valence-electron chi connectivity index (χ4n) is 1.46. The summed E-state index contributed by atoms with van der Waals surface area (Å²) in [4.78, 5) is 0. The maximum absolute atomic E-state index is 11.6. The number of benzene rings is 1. The molecule has 5 heteroatoms. The van der Waals surface area contributed by atoms with Gasteiger partial charge in [-0.3, -0.25) is 4.72 Å². The number of nitrogens with two attached hydrogens (primary N) is 1. The molecule has 0 heterocycles. The SMILES string of the molecule is CCCS(=O)(=O)Nc1ccc(C)c(N)c1C. The van der Waals surface area contributed by atoms with E-state index in [0.717, 1.165) is 11.1 Å². The third-order valence-corrected chi connectivity index (χ3v) is 3.95. The van der Waals surface area contributed by atoms with E-state index in [-0.39, 0.29) is 5.75 Å². The first-order valence-corrected chi connectivity index (χ1v) is 6.88. The average molecular weight is 242 g/mol. The standard InChI is InChI=1S/C11H18N2O2S/c1-4-7-16(14,15)13-10-6-5-8(2)11(12)9(10)3/h5-6,13H,4,7,12H2,1-3H3. The lowest BCUT2D eigenvalue weighted by Crippen LogP contribution is -2.17. The van der Waals surface area contributed by atoms with Crippen LogP contribution in [0.1, 0.15) is 24.5 Å². The molecule has 1 rings (SSSR count). The second kappa shape index (κ2) is 4.74. The van der Waals surface area contributed by atoms with Crippen LogP contribution in [0.3, 0.4) is 0 Å². The molecule has 1 aromatic carbocycles. The Morgan fingerprint density at radius 2 is 1.94 bits per heavy atom. The highest BCUT2D eigenvalue weighted by Crippen LogP contribution is 2.25. The highest BCUT2D eigenvalue weighted by atomic mass is 32.2. The van der Waals surface area contributed by atoms with E-state index in [0.29, 0.717) is 17.8 Å². The topological polar surface area (TPSA) is 72.2 Å². The number of hydrogen-bond acceptors (Lipinski definition) is 3. The highest BCUT2D eigenvalue weighted by molar-refractivity contribution is 7.92. The van der Waals surface area contributed by atoms with Crippen LogP contribution < -0.4 is 10.5 Å². The smallest absolute Gasteiger partial charge is 0.232 e. The van der Waals surface area contributed by atoms with Crippen LogP contribution in [0.2, 0.25) is 0 Å². The minimum Gasteiger partial charge on any atom is -0.398 e. The molecule has 0 aliphatic carbocycles. The predicted molar refractivity (Wildman–Crippen MR) is 68.0 cm³/mol. The number of anilines is 2. The van der Waals surface area contributed by atoms with Gasteiger partial charge in [0.25, 0.3) is 0 Å². The largest absolute Gasteiger partial charge is 0.398 e. The normalized spacial score (nSPS) is 11.4. The molecule has 3 N–H and O–H groups in total. The third-order valence-electron chi connectivity index (χ3n) is 2.47. The monoisotopic (exact) mass is 242 g/mol. The molecule has 0 spiro atoms. The Morgan fingerprint density at radius 1 is 1.31 bits per heavy atom. The van der Waals surface area contributed by atoms with Crippen LogP contribution >= 0.6 is 0 Å². The molecule has 1 aromatic rings. The lowest BCUT2D eigenvalue weighted by Gasteiger charge is -2.13. The van der Waals surface area contributed by atoms with Gasteiger partial charge in [-0.2, -0.15) is 0 Å². The number of nitrogen functional groups attached to an aromatic ring is 1. The van der Waals surface area contributed by atoms with E-state index in [1.54, 1.807) is 6.07 Å². The van der Waals surface area contributed by atoms with E-state index in [1.165, 1.54) is 0 Å². The van der Waals surface area contributed by atoms with Gasteiger partial charge in [0.2, 0.25) is 10.0 Å². The van der Waals surface area contributed by atoms with Gasteiger partial charge < -0.3 is 5.73 Å². The second-order valence-corrected chi connectivity index (χ2v) is 5.73. The predicted octanol–water partition coefficient (Wildman–Crippen LogP) is 2.04. The third kappa shape index (κ3) is 2.88. The Bertz CT molecular complexity index is 481. The molecule has 90 valence electrons. The summed E-state index contributed by atoms with van der Waals surface area (Å²) in [6.45, 7) is 5.54. The lowest BCUT2D eigenvalue weighted by molar-refractivity contribution is 0.600. The molecular formula is C11H18N2O2S. The van der Waals surface area contributed by atoms with Gasteiger partial charge in [-0.15, -0.1) is 0 Å². The molecule has 0 saturated heterocycles. The quantitative estimate of drug-likeness (QED) is 0.794. The van der Waals surface area contributed by atoms with Crippen LogP contribution in [-0.4, -0.2) is 14.2 Å². The molecule has 0 fully saturated rings. The maximum atomic E-state index is 11.6. The molecular weight excluding hydrogens is 224 g/mol. The maximum Gasteiger partial charge on any atom is 0.232 e. The molecule has 0 radical (unpaired) electrons. The summed E-state index contributed by atoms with van der Waals surface area (Å²) >= 11 is 0. The van der Waals surface area contributed by atoms with Crippen molar-refractivity contribution in [3.05, 3.63) is 23.3 Å². The number of nitrogens with one attached hydrogen (secondary N) is 1. The molecule has 0 aliphatic heterocycles. The second-order valence-electron chi connectivity index (χ2n) is 3.89. The van der Waals surface area contributed by atoms with E-state index < -0.39 is 10.0 Å². The lowest BCUT2D eigenvalue weighted by atomic mass is 10.1. The molecule has 0 amide bonds. The van der Waals surface area contributed by atoms with Crippen molar-refractivity contribution in [1.82, 2.24) is 0 Å². The number of hydrogen-bond donors (Lipinski definition) is 2. The van der Waals surface area contributed by atoms with E-state index >= 15 is 0 Å². The van der Waals surface area contributed by atoms with E-state index in [4.69, 9.17) is 5.73 Å². The van der Waals surface area contributed by atoms with Crippen molar-refractivity contribution in [2.75, 3.05) is 16.2 Å². The first-order chi connectivity index (χ1) is 7.37. The summed E-state index contributed by atoms with van der Waals surface area (Å²) < 4.78 is 25.7. The van der Waals surface area contributed by atoms with Crippen molar-refractivity contribution in [2.24, 2.45) is 0 Å². The Hall–Kier alpha value is -1.23. The van der Waals surface area contributed by atoms with Gasteiger partial charge >= 0.3 is 0 Å². The van der Waals surface area contributed by atoms with Crippen molar-refractivity contribution >= 4 is 21.4 Å². The van der Waals surface area contributed by atoms with Gasteiger partial charge in [0.1, 0.15) is 0 Å². The molecule has 0 atom stereocenters. The van der Waals surface area contributed by atoms with Crippen LogP contribution in [0.15, 0.2) is 12.1 Å². The van der Waals surface area contributed by atoms with Gasteiger partial charge in [0.15, 0.2) is 0 Å². The zero-order chi connectivity index (χ0) is 12.3. The summed E-state index contributed by atoms with van der Waals surface area (Å²) in [6, 6.07) is 3.56. The van der Waals surface area contributed by atoms with Crippen LogP contribution in [0.25, 0.3) is 0 Å². The first kappa shape index (κ1) is 12.8. The van der Waals surface area contributed by atoms with Crippen LogP contribution in [0.5, 0.6) is 0 Å². The van der Waals surface area contributed by atoms with E-state index in [9.17, 15) is 8.42 Å². The minimum absolute atomic E-state index is 0.125. The summed E-state index contributed by atoms with van der Waals surface area (Å²) in [6.07, 6.45) is 0.593. The van der Waals surface area contributed by atoms with Crippen molar-refractivity contribution in [2.45, 2.75) is 27.2 Å². The highest BCUT2D eigenvalue weighted by Gasteiger charge is 2.12. The molecule has 4 nitrogen and oxygen atoms in total. The summed E-state index contributed by atoms with van der Waals surface area (Å²) in [5.74, 6) is 0.125. The van der Waals surface area contributed by atoms with Crippen molar-refractivity contribution < 1.29 is 8.42 Å². The van der Waals surface area contributed by atoms with Gasteiger partial charge in [-0.25, -0.2) is 8.42 Å². The average Bonchev–Trinajstić information content (AvgIpc) is 2.19. The molecule has 0 aliphatic rings. The molecule has 0 bridgehead atoms. The minimum atomic E-state index is -3.24. The number of rotatable bonds is 4. The van der Waals surface area contributed by atoms with Crippen LogP contribution in [0.4, 0.5) is 11.4 Å². The Morgan fingerprint density at radius 3 is 2.50 bits per heavy atom. The fraction of sp³-hybridized carbons (Fsp3) is 0.455. The molecule has 16 heavy (non-hydrogen) atoms. The zero-order valence-electron chi connectivity index (χ0n) is 9.87. The Labute approximate surface area is 96.9 Å². The number of sulfonamides is 1. The first-order valence-electron chi connectivity index (χ1n) is 5.23. The Kier molecular flexibility index (Phi) is 3.80. The van der Waals surface area contributed by atoms with E-state index in [2.05, 4.69) is 4.72 Å². The molecule has 0 saturated carbocycles. The van der Waals surface area contributed by atoms with Gasteiger partial charge in [-0.05, 0) is 37.5 Å². The van der Waals surface area contributed by atoms with E-state index in [1.807, 2.05) is 26.8 Å². The van der Waals surface area contributed by atoms with Crippen molar-refractivity contribution in [3.63, 3.8) is 0 Å².